The molecule has 2 heterocycles. The van der Waals surface area contributed by atoms with Crippen molar-refractivity contribution in [2.24, 2.45) is 16.8 Å². The highest BCUT2D eigenvalue weighted by Crippen LogP contribution is 2.29. The Bertz CT molecular complexity index is 396. The number of nitrogens with one attached hydrogen (secondary N) is 1. The predicted octanol–water partition coefficient (Wildman–Crippen LogP) is 2.27. The van der Waals surface area contributed by atoms with E-state index in [1.165, 1.54) is 25.7 Å². The van der Waals surface area contributed by atoms with Crippen LogP contribution in [0.15, 0.2) is 4.99 Å². The Kier molecular flexibility index (Phi) is 6.17. The molecule has 3 aliphatic rings. The van der Waals surface area contributed by atoms with Gasteiger partial charge in [0.15, 0.2) is 5.96 Å². The van der Waals surface area contributed by atoms with Gasteiger partial charge in [-0.05, 0) is 31.1 Å². The Labute approximate surface area is 140 Å². The van der Waals surface area contributed by atoms with Crippen LogP contribution < -0.4 is 5.32 Å². The first-order chi connectivity index (χ1) is 11.3. The summed E-state index contributed by atoms with van der Waals surface area (Å²) < 4.78 is 11.8. The molecule has 2 saturated heterocycles. The number of rotatable bonds is 3. The van der Waals surface area contributed by atoms with E-state index in [2.05, 4.69) is 22.1 Å². The number of nitrogens with zero attached hydrogens (tertiary/aromatic N) is 2. The van der Waals surface area contributed by atoms with Gasteiger partial charge in [-0.25, -0.2) is 0 Å². The fourth-order valence-corrected chi connectivity index (χ4v) is 4.24. The van der Waals surface area contributed by atoms with E-state index in [1.807, 2.05) is 7.05 Å². The summed E-state index contributed by atoms with van der Waals surface area (Å²) in [6, 6.07) is 0. The third kappa shape index (κ3) is 4.38. The summed E-state index contributed by atoms with van der Waals surface area (Å²) in [7, 11) is 1.89. The summed E-state index contributed by atoms with van der Waals surface area (Å²) in [4.78, 5) is 6.87. The van der Waals surface area contributed by atoms with Gasteiger partial charge < -0.3 is 19.7 Å². The second kappa shape index (κ2) is 8.34. The highest BCUT2D eigenvalue weighted by Gasteiger charge is 2.32. The van der Waals surface area contributed by atoms with Crippen LogP contribution in [-0.2, 0) is 9.47 Å². The number of morpholine rings is 1. The molecule has 0 aromatic heterocycles. The van der Waals surface area contributed by atoms with Crippen LogP contribution >= 0.6 is 0 Å². The van der Waals surface area contributed by atoms with E-state index in [0.29, 0.717) is 0 Å². The zero-order valence-electron chi connectivity index (χ0n) is 14.8. The molecular weight excluding hydrogens is 290 g/mol. The van der Waals surface area contributed by atoms with Crippen LogP contribution in [0.5, 0.6) is 0 Å². The summed E-state index contributed by atoms with van der Waals surface area (Å²) in [5, 5.41) is 3.63. The Morgan fingerprint density at radius 3 is 2.65 bits per heavy atom. The summed E-state index contributed by atoms with van der Waals surface area (Å²) in [5.41, 5.74) is 0. The van der Waals surface area contributed by atoms with Gasteiger partial charge in [-0.15, -0.1) is 0 Å². The van der Waals surface area contributed by atoms with Crippen molar-refractivity contribution in [2.75, 3.05) is 39.9 Å². The van der Waals surface area contributed by atoms with Crippen molar-refractivity contribution in [2.45, 2.75) is 57.7 Å². The average Bonchev–Trinajstić information content (AvgIpc) is 3.12. The largest absolute Gasteiger partial charge is 0.375 e. The summed E-state index contributed by atoms with van der Waals surface area (Å²) in [5.74, 6) is 2.66. The number of hydrogen-bond acceptors (Lipinski definition) is 3. The predicted molar refractivity (Wildman–Crippen MR) is 92.8 cm³/mol. The van der Waals surface area contributed by atoms with Gasteiger partial charge >= 0.3 is 0 Å². The van der Waals surface area contributed by atoms with Crippen LogP contribution in [0.2, 0.25) is 0 Å². The van der Waals surface area contributed by atoms with Gasteiger partial charge in [0.2, 0.25) is 0 Å². The van der Waals surface area contributed by atoms with Crippen LogP contribution in [0.3, 0.4) is 0 Å². The van der Waals surface area contributed by atoms with Gasteiger partial charge in [0.25, 0.3) is 0 Å². The molecule has 0 aromatic carbocycles. The van der Waals surface area contributed by atoms with E-state index in [-0.39, 0.29) is 12.2 Å². The van der Waals surface area contributed by atoms with E-state index in [4.69, 9.17) is 9.47 Å². The molecule has 3 rings (SSSR count). The highest BCUT2D eigenvalue weighted by molar-refractivity contribution is 5.80. The lowest BCUT2D eigenvalue weighted by Gasteiger charge is -2.38. The van der Waals surface area contributed by atoms with Gasteiger partial charge in [0.1, 0.15) is 6.10 Å². The van der Waals surface area contributed by atoms with E-state index in [1.54, 1.807) is 0 Å². The van der Waals surface area contributed by atoms with Crippen molar-refractivity contribution in [1.29, 1.82) is 0 Å². The van der Waals surface area contributed by atoms with E-state index in [9.17, 15) is 0 Å². The molecule has 1 N–H and O–H groups in total. The lowest BCUT2D eigenvalue weighted by Crippen LogP contribution is -2.54. The van der Waals surface area contributed by atoms with E-state index in [0.717, 1.165) is 63.5 Å². The molecule has 1 saturated carbocycles. The molecule has 23 heavy (non-hydrogen) atoms. The summed E-state index contributed by atoms with van der Waals surface area (Å²) >= 11 is 0. The molecular formula is C18H33N3O2. The molecule has 5 nitrogen and oxygen atoms in total. The third-order valence-electron chi connectivity index (χ3n) is 5.80. The first kappa shape index (κ1) is 17.0. The summed E-state index contributed by atoms with van der Waals surface area (Å²) in [6.07, 6.45) is 8.28. The van der Waals surface area contributed by atoms with Gasteiger partial charge in [0, 0.05) is 33.3 Å². The molecule has 0 radical (unpaired) electrons. The first-order valence-electron chi connectivity index (χ1n) is 9.46. The first-order valence-corrected chi connectivity index (χ1v) is 9.46. The minimum Gasteiger partial charge on any atom is -0.375 e. The number of hydrogen-bond donors (Lipinski definition) is 1. The lowest BCUT2D eigenvalue weighted by atomic mass is 9.80. The monoisotopic (exact) mass is 323 g/mol. The van der Waals surface area contributed by atoms with Crippen molar-refractivity contribution in [3.63, 3.8) is 0 Å². The maximum absolute atomic E-state index is 5.95. The van der Waals surface area contributed by atoms with Gasteiger partial charge in [-0.3, -0.25) is 4.99 Å². The Hall–Kier alpha value is -0.810. The maximum atomic E-state index is 5.95. The van der Waals surface area contributed by atoms with Crippen LogP contribution in [-0.4, -0.2) is 63.0 Å². The van der Waals surface area contributed by atoms with Crippen LogP contribution in [0.25, 0.3) is 0 Å². The fourth-order valence-electron chi connectivity index (χ4n) is 4.24. The maximum Gasteiger partial charge on any atom is 0.193 e. The second-order valence-corrected chi connectivity index (χ2v) is 7.36. The quantitative estimate of drug-likeness (QED) is 0.639. The number of ether oxygens (including phenoxy) is 2. The minimum atomic E-state index is 0.193. The molecule has 2 aliphatic heterocycles. The molecule has 0 bridgehead atoms. The van der Waals surface area contributed by atoms with Crippen molar-refractivity contribution in [3.05, 3.63) is 0 Å². The smallest absolute Gasteiger partial charge is 0.193 e. The molecule has 0 amide bonds. The van der Waals surface area contributed by atoms with E-state index >= 15 is 0 Å². The lowest BCUT2D eigenvalue weighted by molar-refractivity contribution is -0.0817. The Morgan fingerprint density at radius 1 is 1.09 bits per heavy atom. The van der Waals surface area contributed by atoms with Crippen LogP contribution in [0.1, 0.15) is 45.4 Å². The van der Waals surface area contributed by atoms with Gasteiger partial charge in [-0.1, -0.05) is 26.2 Å². The number of guanidine groups is 1. The minimum absolute atomic E-state index is 0.193. The molecule has 0 spiro atoms. The van der Waals surface area contributed by atoms with Crippen LogP contribution in [0, 0.1) is 11.8 Å². The molecule has 0 aromatic rings. The van der Waals surface area contributed by atoms with Crippen molar-refractivity contribution in [3.8, 4) is 0 Å². The van der Waals surface area contributed by atoms with Gasteiger partial charge in [-0.2, -0.15) is 0 Å². The van der Waals surface area contributed by atoms with Crippen LogP contribution in [0.4, 0.5) is 0 Å². The molecule has 4 unspecified atom stereocenters. The molecule has 5 heteroatoms. The summed E-state index contributed by atoms with van der Waals surface area (Å²) in [6.45, 7) is 6.92. The van der Waals surface area contributed by atoms with Gasteiger partial charge in [0.05, 0.1) is 12.7 Å². The molecule has 3 fully saturated rings. The Morgan fingerprint density at radius 2 is 1.91 bits per heavy atom. The fraction of sp³-hybridized carbons (Fsp3) is 0.944. The molecule has 4 atom stereocenters. The zero-order chi connectivity index (χ0) is 16.1. The normalized spacial score (nSPS) is 36.3. The van der Waals surface area contributed by atoms with Crippen molar-refractivity contribution in [1.82, 2.24) is 10.2 Å². The van der Waals surface area contributed by atoms with E-state index < -0.39 is 0 Å². The molecule has 132 valence electrons. The number of aliphatic imine (C=N–C) groups is 1. The Balaban J connectivity index is 1.51. The topological polar surface area (TPSA) is 46.1 Å². The third-order valence-corrected chi connectivity index (χ3v) is 5.80. The molecule has 1 aliphatic carbocycles. The zero-order valence-corrected chi connectivity index (χ0v) is 14.8. The second-order valence-electron chi connectivity index (χ2n) is 7.36. The average molecular weight is 323 g/mol. The SMILES string of the molecule is CN=C(NCC1CCCCC1C)N1CCOC(C2CCCO2)C1. The van der Waals surface area contributed by atoms with Crippen molar-refractivity contribution < 1.29 is 9.47 Å². The standard InChI is InChI=1S/C18H33N3O2/c1-14-6-3-4-7-15(14)12-20-18(19-2)21-9-11-23-17(13-21)16-8-5-10-22-16/h14-17H,3-13H2,1-2H3,(H,19,20). The highest BCUT2D eigenvalue weighted by atomic mass is 16.5. The van der Waals surface area contributed by atoms with Crippen molar-refractivity contribution >= 4 is 5.96 Å².